The predicted octanol–water partition coefficient (Wildman–Crippen LogP) is 2.68. The van der Waals surface area contributed by atoms with Gasteiger partial charge in [0.2, 0.25) is 0 Å². The smallest absolute Gasteiger partial charge is 0.0469 e. The SMILES string of the molecule is CCNC(C1CCOCC1)C1C2C3CCC(C3)C21. The lowest BCUT2D eigenvalue weighted by Gasteiger charge is -2.32. The predicted molar refractivity (Wildman–Crippen MR) is 72.3 cm³/mol. The number of fused-ring (bicyclic) bond motifs is 5. The highest BCUT2D eigenvalue weighted by Crippen LogP contribution is 2.70. The van der Waals surface area contributed by atoms with E-state index >= 15 is 0 Å². The summed E-state index contributed by atoms with van der Waals surface area (Å²) < 4.78 is 5.55. The van der Waals surface area contributed by atoms with Crippen LogP contribution in [0.4, 0.5) is 0 Å². The fraction of sp³-hybridized carbons (Fsp3) is 1.00. The molecule has 5 atom stereocenters. The Morgan fingerprint density at radius 1 is 1.06 bits per heavy atom. The van der Waals surface area contributed by atoms with Crippen LogP contribution < -0.4 is 5.32 Å². The summed E-state index contributed by atoms with van der Waals surface area (Å²) in [6, 6.07) is 0.817. The molecule has 102 valence electrons. The van der Waals surface area contributed by atoms with Crippen LogP contribution in [0.1, 0.15) is 39.0 Å². The average molecular weight is 249 g/mol. The summed E-state index contributed by atoms with van der Waals surface area (Å²) in [4.78, 5) is 0. The van der Waals surface area contributed by atoms with Gasteiger partial charge in [-0.05, 0) is 74.2 Å². The van der Waals surface area contributed by atoms with Crippen LogP contribution >= 0.6 is 0 Å². The fourth-order valence-corrected chi connectivity index (χ4v) is 5.80. The summed E-state index contributed by atoms with van der Waals surface area (Å²) in [5.41, 5.74) is 0. The minimum absolute atomic E-state index is 0.817. The molecule has 3 saturated carbocycles. The maximum Gasteiger partial charge on any atom is 0.0469 e. The Hall–Kier alpha value is -0.0800. The lowest BCUT2D eigenvalue weighted by Crippen LogP contribution is -2.42. The van der Waals surface area contributed by atoms with Crippen molar-refractivity contribution in [1.29, 1.82) is 0 Å². The molecule has 1 saturated heterocycles. The molecule has 1 aliphatic heterocycles. The monoisotopic (exact) mass is 249 g/mol. The zero-order chi connectivity index (χ0) is 12.1. The van der Waals surface area contributed by atoms with Crippen molar-refractivity contribution in [3.63, 3.8) is 0 Å². The lowest BCUT2D eigenvalue weighted by molar-refractivity contribution is 0.0482. The minimum Gasteiger partial charge on any atom is -0.381 e. The molecule has 5 unspecified atom stereocenters. The van der Waals surface area contributed by atoms with Crippen molar-refractivity contribution in [2.75, 3.05) is 19.8 Å². The molecule has 0 aromatic carbocycles. The van der Waals surface area contributed by atoms with Crippen molar-refractivity contribution in [2.24, 2.45) is 35.5 Å². The lowest BCUT2D eigenvalue weighted by atomic mass is 9.84. The van der Waals surface area contributed by atoms with Gasteiger partial charge >= 0.3 is 0 Å². The van der Waals surface area contributed by atoms with Crippen molar-refractivity contribution in [3.05, 3.63) is 0 Å². The molecule has 4 aliphatic rings. The van der Waals surface area contributed by atoms with Crippen LogP contribution in [-0.2, 0) is 4.74 Å². The quantitative estimate of drug-likeness (QED) is 0.827. The molecule has 2 nitrogen and oxygen atoms in total. The summed E-state index contributed by atoms with van der Waals surface area (Å²) in [6.07, 6.45) is 7.27. The summed E-state index contributed by atoms with van der Waals surface area (Å²) in [7, 11) is 0. The average Bonchev–Trinajstić information content (AvgIpc) is 2.83. The second-order valence-electron chi connectivity index (χ2n) is 7.10. The molecule has 4 rings (SSSR count). The number of rotatable bonds is 4. The normalized spacial score (nSPS) is 48.2. The molecule has 0 amide bonds. The van der Waals surface area contributed by atoms with Gasteiger partial charge in [0.25, 0.3) is 0 Å². The second-order valence-corrected chi connectivity index (χ2v) is 7.10. The first kappa shape index (κ1) is 11.7. The Morgan fingerprint density at radius 3 is 2.33 bits per heavy atom. The van der Waals surface area contributed by atoms with Gasteiger partial charge in [0.05, 0.1) is 0 Å². The van der Waals surface area contributed by atoms with E-state index < -0.39 is 0 Å². The van der Waals surface area contributed by atoms with Crippen LogP contribution in [0, 0.1) is 35.5 Å². The Kier molecular flexibility index (Phi) is 2.92. The van der Waals surface area contributed by atoms with Crippen molar-refractivity contribution in [3.8, 4) is 0 Å². The molecule has 4 fully saturated rings. The van der Waals surface area contributed by atoms with E-state index in [1.54, 1.807) is 19.3 Å². The fourth-order valence-electron chi connectivity index (χ4n) is 5.80. The van der Waals surface area contributed by atoms with Crippen LogP contribution in [0.5, 0.6) is 0 Å². The summed E-state index contributed by atoms with van der Waals surface area (Å²) in [5.74, 6) is 6.41. The van der Waals surface area contributed by atoms with Crippen LogP contribution in [0.3, 0.4) is 0 Å². The van der Waals surface area contributed by atoms with Gasteiger partial charge in [0.15, 0.2) is 0 Å². The molecular formula is C16H27NO. The topological polar surface area (TPSA) is 21.3 Å². The zero-order valence-electron chi connectivity index (χ0n) is 11.6. The van der Waals surface area contributed by atoms with Crippen molar-refractivity contribution in [2.45, 2.75) is 45.1 Å². The van der Waals surface area contributed by atoms with E-state index in [1.165, 1.54) is 12.8 Å². The molecule has 1 heterocycles. The maximum atomic E-state index is 5.55. The third-order valence-corrected chi connectivity index (χ3v) is 6.42. The highest BCUT2D eigenvalue weighted by atomic mass is 16.5. The van der Waals surface area contributed by atoms with Crippen molar-refractivity contribution >= 4 is 0 Å². The van der Waals surface area contributed by atoms with Gasteiger partial charge in [-0.15, -0.1) is 0 Å². The Bertz CT molecular complexity index is 296. The molecule has 3 aliphatic carbocycles. The number of hydrogen-bond acceptors (Lipinski definition) is 2. The standard InChI is InChI=1S/C16H27NO/c1-2-17-16(10-5-7-18-8-6-10)15-13-11-3-4-12(9-11)14(13)15/h10-17H,2-9H2,1H3. The molecule has 0 spiro atoms. The third kappa shape index (κ3) is 1.68. The van der Waals surface area contributed by atoms with Crippen LogP contribution in [0.25, 0.3) is 0 Å². The van der Waals surface area contributed by atoms with Gasteiger partial charge in [-0.25, -0.2) is 0 Å². The molecule has 0 radical (unpaired) electrons. The van der Waals surface area contributed by atoms with E-state index in [4.69, 9.17) is 4.74 Å². The van der Waals surface area contributed by atoms with E-state index in [1.807, 2.05) is 0 Å². The van der Waals surface area contributed by atoms with E-state index in [2.05, 4.69) is 12.2 Å². The summed E-state index contributed by atoms with van der Waals surface area (Å²) >= 11 is 0. The minimum atomic E-state index is 0.817. The second kappa shape index (κ2) is 4.49. The van der Waals surface area contributed by atoms with Crippen molar-refractivity contribution < 1.29 is 4.74 Å². The van der Waals surface area contributed by atoms with Gasteiger partial charge in [-0.1, -0.05) is 6.92 Å². The number of ether oxygens (including phenoxy) is 1. The molecule has 1 N–H and O–H groups in total. The van der Waals surface area contributed by atoms with E-state index in [0.717, 1.165) is 61.3 Å². The molecule has 2 heteroatoms. The van der Waals surface area contributed by atoms with Crippen molar-refractivity contribution in [1.82, 2.24) is 5.32 Å². The largest absolute Gasteiger partial charge is 0.381 e. The molecule has 0 aromatic heterocycles. The molecular weight excluding hydrogens is 222 g/mol. The third-order valence-electron chi connectivity index (χ3n) is 6.42. The maximum absolute atomic E-state index is 5.55. The summed E-state index contributed by atoms with van der Waals surface area (Å²) in [5, 5.41) is 3.86. The Labute approximate surface area is 111 Å². The van der Waals surface area contributed by atoms with Crippen LogP contribution in [0.2, 0.25) is 0 Å². The van der Waals surface area contributed by atoms with Gasteiger partial charge < -0.3 is 10.1 Å². The Balaban J connectivity index is 1.47. The van der Waals surface area contributed by atoms with Gasteiger partial charge in [-0.3, -0.25) is 0 Å². The van der Waals surface area contributed by atoms with Gasteiger partial charge in [0.1, 0.15) is 0 Å². The number of hydrogen-bond donors (Lipinski definition) is 1. The van der Waals surface area contributed by atoms with Gasteiger partial charge in [0, 0.05) is 19.3 Å². The molecule has 2 bridgehead atoms. The first-order valence-electron chi connectivity index (χ1n) is 8.21. The number of nitrogens with one attached hydrogen (secondary N) is 1. The summed E-state index contributed by atoms with van der Waals surface area (Å²) in [6.45, 7) is 5.43. The van der Waals surface area contributed by atoms with E-state index in [-0.39, 0.29) is 0 Å². The zero-order valence-corrected chi connectivity index (χ0v) is 11.6. The van der Waals surface area contributed by atoms with Crippen LogP contribution in [-0.4, -0.2) is 25.8 Å². The van der Waals surface area contributed by atoms with E-state index in [9.17, 15) is 0 Å². The highest BCUT2D eigenvalue weighted by Gasteiger charge is 2.67. The first-order chi connectivity index (χ1) is 8.90. The molecule has 0 aromatic rings. The molecule has 18 heavy (non-hydrogen) atoms. The van der Waals surface area contributed by atoms with E-state index in [0.29, 0.717) is 0 Å². The van der Waals surface area contributed by atoms with Crippen LogP contribution in [0.15, 0.2) is 0 Å². The first-order valence-corrected chi connectivity index (χ1v) is 8.21. The Morgan fingerprint density at radius 2 is 1.72 bits per heavy atom. The van der Waals surface area contributed by atoms with Gasteiger partial charge in [-0.2, -0.15) is 0 Å². The highest BCUT2D eigenvalue weighted by molar-refractivity contribution is 5.16.